The normalized spacial score (nSPS) is 29.9. The van der Waals surface area contributed by atoms with Gasteiger partial charge in [0.15, 0.2) is 49.5 Å². The molecule has 0 bridgehead atoms. The molecule has 0 radical (unpaired) electrons. The van der Waals surface area contributed by atoms with E-state index in [-0.39, 0.29) is 38.7 Å². The van der Waals surface area contributed by atoms with Crippen molar-refractivity contribution >= 4 is 53.5 Å². The zero-order valence-electron chi connectivity index (χ0n) is 56.0. The molecule has 6 amide bonds. The molecule has 4 heterocycles. The maximum Gasteiger partial charge on any atom is 0.407 e. The fraction of sp³-hybridized carbons (Fsp3) is 0.672. The number of hydrogen-bond acceptors (Lipinski definition) is 32. The van der Waals surface area contributed by atoms with E-state index in [0.717, 1.165) is 43.0 Å². The van der Waals surface area contributed by atoms with Crippen LogP contribution in [0.3, 0.4) is 0 Å². The third-order valence-corrected chi connectivity index (χ3v) is 17.5. The molecule has 4 saturated heterocycles. The third-order valence-electron chi connectivity index (χ3n) is 17.5. The summed E-state index contributed by atoms with van der Waals surface area (Å²) >= 11 is 0. The van der Waals surface area contributed by atoms with Crippen LogP contribution >= 0.6 is 0 Å². The molecular weight excluding hydrogens is 1360 g/mol. The Morgan fingerprint density at radius 2 is 0.824 bits per heavy atom. The van der Waals surface area contributed by atoms with E-state index in [2.05, 4.69) is 31.9 Å². The van der Waals surface area contributed by atoms with Crippen LogP contribution in [0.25, 0.3) is 11.1 Å². The molecule has 0 spiro atoms. The summed E-state index contributed by atoms with van der Waals surface area (Å²) in [6, 6.07) is 15.2. The van der Waals surface area contributed by atoms with Gasteiger partial charge >= 0.3 is 24.0 Å². The highest BCUT2D eigenvalue weighted by Gasteiger charge is 2.56. The average Bonchev–Trinajstić information content (AvgIpc) is 1.48. The Bertz CT molecular complexity index is 2940. The smallest absolute Gasteiger partial charge is 0.407 e. The number of nitrogens with one attached hydrogen (secondary N) is 6. The van der Waals surface area contributed by atoms with Crippen LogP contribution in [0, 0.1) is 0 Å². The first kappa shape index (κ1) is 82.0. The summed E-state index contributed by atoms with van der Waals surface area (Å²) in [5.74, 6) is -8.20. The van der Waals surface area contributed by atoms with Crippen LogP contribution in [0.15, 0.2) is 48.5 Å². The summed E-state index contributed by atoms with van der Waals surface area (Å²) in [6.07, 6.45) is -39.6. The fourth-order valence-corrected chi connectivity index (χ4v) is 12.2. The quantitative estimate of drug-likeness (QED) is 0.0173. The van der Waals surface area contributed by atoms with Crippen molar-refractivity contribution in [2.75, 3.05) is 72.4 Å². The summed E-state index contributed by atoms with van der Waals surface area (Å²) in [4.78, 5) is 123. The molecule has 7 rings (SSSR count). The van der Waals surface area contributed by atoms with E-state index < -0.39 is 266 Å². The van der Waals surface area contributed by atoms with Crippen LogP contribution in [0.2, 0.25) is 0 Å². The van der Waals surface area contributed by atoms with Crippen molar-refractivity contribution in [3.05, 3.63) is 59.7 Å². The Labute approximate surface area is 583 Å². The summed E-state index contributed by atoms with van der Waals surface area (Å²) in [5.41, 5.74) is 1.85. The van der Waals surface area contributed by atoms with Gasteiger partial charge < -0.3 is 145 Å². The lowest BCUT2D eigenvalue weighted by molar-refractivity contribution is -0.300. The molecule has 0 saturated carbocycles. The van der Waals surface area contributed by atoms with Gasteiger partial charge in [-0.15, -0.1) is 0 Å². The number of hydrogen-bond donors (Lipinski definition) is 18. The number of alkyl carbamates (subject to hydrolysis) is 1. The molecule has 20 atom stereocenters. The van der Waals surface area contributed by atoms with E-state index in [1.54, 1.807) is 0 Å². The minimum Gasteiger partial charge on any atom is -0.455 e. The molecule has 570 valence electrons. The molecule has 4 aliphatic heterocycles. The number of carbonyl (C=O) groups is 9. The first-order valence-corrected chi connectivity index (χ1v) is 33.0. The van der Waals surface area contributed by atoms with E-state index in [1.165, 1.54) is 0 Å². The van der Waals surface area contributed by atoms with Crippen molar-refractivity contribution in [3.63, 3.8) is 0 Å². The molecule has 4 fully saturated rings. The first-order chi connectivity index (χ1) is 48.6. The van der Waals surface area contributed by atoms with Crippen LogP contribution in [-0.2, 0) is 90.5 Å². The van der Waals surface area contributed by atoms with Crippen molar-refractivity contribution in [1.29, 1.82) is 0 Å². The number of carbonyl (C=O) groups excluding carboxylic acids is 9. The highest BCUT2D eigenvalue weighted by molar-refractivity contribution is 5.85. The van der Waals surface area contributed by atoms with Crippen LogP contribution < -0.4 is 31.9 Å². The number of esters is 3. The highest BCUT2D eigenvalue weighted by Crippen LogP contribution is 2.44. The second-order valence-electron chi connectivity index (χ2n) is 24.8. The Balaban J connectivity index is 1.13. The van der Waals surface area contributed by atoms with Gasteiger partial charge in [-0.05, 0) is 41.5 Å². The first-order valence-electron chi connectivity index (χ1n) is 33.0. The Hall–Kier alpha value is -7.29. The lowest BCUT2D eigenvalue weighted by atomic mass is 9.82. The molecule has 1 aliphatic carbocycles. The molecule has 38 nitrogen and oxygen atoms in total. The molecule has 2 aromatic carbocycles. The monoisotopic (exact) mass is 1460 g/mol. The van der Waals surface area contributed by atoms with Gasteiger partial charge in [-0.25, -0.2) is 4.79 Å². The second kappa shape index (κ2) is 39.0. The van der Waals surface area contributed by atoms with Crippen LogP contribution in [0.1, 0.15) is 82.8 Å². The second-order valence-corrected chi connectivity index (χ2v) is 24.8. The van der Waals surface area contributed by atoms with Crippen LogP contribution in [0.4, 0.5) is 4.79 Å². The topological polar surface area (TPSA) is 570 Å². The largest absolute Gasteiger partial charge is 0.455 e. The van der Waals surface area contributed by atoms with Crippen molar-refractivity contribution in [3.8, 4) is 11.1 Å². The Kier molecular flexibility index (Phi) is 31.4. The predicted octanol–water partition coefficient (Wildman–Crippen LogP) is -7.45. The number of ether oxygens (including phenoxy) is 11. The molecule has 102 heavy (non-hydrogen) atoms. The van der Waals surface area contributed by atoms with Crippen LogP contribution in [-0.4, -0.2) is 316 Å². The van der Waals surface area contributed by atoms with Crippen molar-refractivity contribution in [2.24, 2.45) is 0 Å². The van der Waals surface area contributed by atoms with Crippen molar-refractivity contribution < 1.29 is 157 Å². The number of fused-ring (bicyclic) bond motifs is 3. The van der Waals surface area contributed by atoms with E-state index in [9.17, 15) is 99.6 Å². The predicted molar refractivity (Wildman–Crippen MR) is 338 cm³/mol. The molecule has 0 aromatic heterocycles. The maximum absolute atomic E-state index is 15.5. The van der Waals surface area contributed by atoms with Gasteiger partial charge in [-0.1, -0.05) is 48.5 Å². The Morgan fingerprint density at radius 1 is 0.441 bits per heavy atom. The number of benzene rings is 2. The summed E-state index contributed by atoms with van der Waals surface area (Å²) in [7, 11) is 0. The zero-order valence-corrected chi connectivity index (χ0v) is 56.0. The lowest BCUT2D eigenvalue weighted by Gasteiger charge is -2.45. The summed E-state index contributed by atoms with van der Waals surface area (Å²) in [5, 5.41) is 137. The summed E-state index contributed by atoms with van der Waals surface area (Å²) in [6.45, 7) is -2.28. The number of aliphatic hydroxyl groups excluding tert-OH is 12. The van der Waals surface area contributed by atoms with E-state index in [0.29, 0.717) is 0 Å². The SMILES string of the molecule is CC(=O)O[C@@H]1[C@@H](OC(C)=O)[C@H](NC(=O)CCNC(=O)OCC2c3ccccc3-c3ccccc32)O[C@H](C(=O)NC(CCC(=O)NCCO[C@H]2O[C@H](CO)[C@@H](O)[C@H](O)[C@@H]2O)(CCC(=O)NCCO[C@H]2O[C@H](CO)[C@@H](O)[C@H](O)[C@@H]2O)CCC(=O)NCCO[C@H]2O[C@H](CO)[C@@H](O)[C@H](O)[C@@H]2O)[C@H]1OC(C)=O. The summed E-state index contributed by atoms with van der Waals surface area (Å²) < 4.78 is 61.1. The van der Waals surface area contributed by atoms with Gasteiger partial charge in [0.25, 0.3) is 5.91 Å². The number of rotatable bonds is 35. The van der Waals surface area contributed by atoms with Crippen molar-refractivity contribution in [2.45, 2.75) is 200 Å². The highest BCUT2D eigenvalue weighted by atomic mass is 16.7. The third kappa shape index (κ3) is 22.1. The van der Waals surface area contributed by atoms with Gasteiger partial charge in [0.05, 0.1) is 39.6 Å². The number of aliphatic hydroxyl groups is 12. The van der Waals surface area contributed by atoms with E-state index in [4.69, 9.17) is 52.1 Å². The van der Waals surface area contributed by atoms with Gasteiger partial charge in [-0.3, -0.25) is 38.4 Å². The lowest BCUT2D eigenvalue weighted by Crippen LogP contribution is -2.69. The molecule has 5 aliphatic rings. The molecule has 0 unspecified atom stereocenters. The van der Waals surface area contributed by atoms with E-state index in [1.807, 2.05) is 48.5 Å². The van der Waals surface area contributed by atoms with Gasteiger partial charge in [0, 0.05) is 84.1 Å². The molecular formula is C64H92N6O32. The molecule has 2 aromatic rings. The minimum absolute atomic E-state index is 0.0723. The maximum atomic E-state index is 15.5. The zero-order chi connectivity index (χ0) is 74.5. The van der Waals surface area contributed by atoms with Gasteiger partial charge in [0.2, 0.25) is 23.6 Å². The molecule has 38 heteroatoms. The number of amides is 6. The average molecular weight is 1460 g/mol. The minimum atomic E-state index is -2.22. The van der Waals surface area contributed by atoms with Crippen LogP contribution in [0.5, 0.6) is 0 Å². The van der Waals surface area contributed by atoms with E-state index >= 15 is 4.79 Å². The Morgan fingerprint density at radius 3 is 1.22 bits per heavy atom. The fourth-order valence-electron chi connectivity index (χ4n) is 12.2. The standard InChI is InChI=1S/C64H92N6O32/c1-30(74)96-54-55(97-31(2)75)57(98-32(3)76)59(69-44(80)15-19-68-63(91)95-29-37-35-10-6-4-8-33(35)34-9-5-7-11-36(34)37)102-56(54)58(90)70-64(16-12-41(77)65-20-23-92-60-51(87)48(84)45(81)38(26-71)99-60,17-13-42(78)66-21-24-93-61-52(88)49(85)46(82)39(27-72)100-61)18-14-43(79)67-22-25-94-62-53(89)50(86)47(83)40(28-73)101-62/h4-11,37-40,45-57,59-62,71-73,81-89H,12-29H2,1-3H3,(H,65,77)(H,66,78)(H,67,79)(H,68,91)(H,69,80)(H,70,90)/t38-,39-,40-,45-,46-,47-,48+,49+,50+,51+,52+,53+,54+,55+,56+,57-,59-,60+,61+,62+/m1/s1. The van der Waals surface area contributed by atoms with Gasteiger partial charge in [0.1, 0.15) is 79.9 Å². The molecule has 18 N–H and O–H groups in total. The van der Waals surface area contributed by atoms with Crippen molar-refractivity contribution in [1.82, 2.24) is 31.9 Å². The van der Waals surface area contributed by atoms with Gasteiger partial charge in [-0.2, -0.15) is 0 Å².